The van der Waals surface area contributed by atoms with Gasteiger partial charge in [-0.15, -0.1) is 0 Å². The number of nitrogens with zero attached hydrogens (tertiary/aromatic N) is 2. The molecule has 0 amide bonds. The fraction of sp³-hybridized carbons (Fsp3) is 0.379. The number of alkyl halides is 1. The third-order valence-corrected chi connectivity index (χ3v) is 6.87. The van der Waals surface area contributed by atoms with Gasteiger partial charge in [0, 0.05) is 23.7 Å². The Balaban J connectivity index is 1.37. The van der Waals surface area contributed by atoms with Gasteiger partial charge in [-0.05, 0) is 79.8 Å². The number of fused-ring (bicyclic) bond motifs is 1. The number of piperidine rings is 1. The van der Waals surface area contributed by atoms with Crippen LogP contribution in [0.15, 0.2) is 54.7 Å². The van der Waals surface area contributed by atoms with E-state index in [-0.39, 0.29) is 12.3 Å². The molecule has 3 atom stereocenters. The molecule has 0 spiro atoms. The van der Waals surface area contributed by atoms with Gasteiger partial charge in [-0.1, -0.05) is 17.9 Å². The average Bonchev–Trinajstić information content (AvgIpc) is 2.91. The predicted molar refractivity (Wildman–Crippen MR) is 137 cm³/mol. The molecule has 3 aromatic rings. The predicted octanol–water partition coefficient (Wildman–Crippen LogP) is 5.12. The summed E-state index contributed by atoms with van der Waals surface area (Å²) >= 11 is 0. The topological polar surface area (TPSA) is 71.9 Å². The Hall–Kier alpha value is -3.63. The first kappa shape index (κ1) is 25.5. The van der Waals surface area contributed by atoms with E-state index in [4.69, 9.17) is 9.47 Å². The SMILES string of the molecule is COc1cccc(C#CCN2CC[C@@H](CCC(F)c3ccnc4ccc(OC)cc34)[C@@H](C(=O)O)C2)c1. The van der Waals surface area contributed by atoms with Crippen molar-refractivity contribution in [1.29, 1.82) is 0 Å². The Labute approximate surface area is 211 Å². The second kappa shape index (κ2) is 11.9. The van der Waals surface area contributed by atoms with Gasteiger partial charge in [0.15, 0.2) is 0 Å². The number of carboxylic acids is 1. The summed E-state index contributed by atoms with van der Waals surface area (Å²) in [7, 11) is 3.19. The molecule has 1 saturated heterocycles. The Morgan fingerprint density at radius 1 is 1.19 bits per heavy atom. The average molecular weight is 491 g/mol. The molecular weight excluding hydrogens is 459 g/mol. The summed E-state index contributed by atoms with van der Waals surface area (Å²) in [6.07, 6.45) is 1.89. The molecule has 0 saturated carbocycles. The van der Waals surface area contributed by atoms with Crippen LogP contribution in [0.5, 0.6) is 11.5 Å². The molecular formula is C29H31FN2O4. The lowest BCUT2D eigenvalue weighted by molar-refractivity contribution is -0.146. The van der Waals surface area contributed by atoms with Crippen LogP contribution in [-0.4, -0.2) is 54.8 Å². The lowest BCUT2D eigenvalue weighted by atomic mass is 9.81. The van der Waals surface area contributed by atoms with Crippen LogP contribution in [0.1, 0.15) is 36.6 Å². The summed E-state index contributed by atoms with van der Waals surface area (Å²) in [6.45, 7) is 1.65. The molecule has 1 unspecified atom stereocenters. The van der Waals surface area contributed by atoms with Gasteiger partial charge in [-0.2, -0.15) is 0 Å². The summed E-state index contributed by atoms with van der Waals surface area (Å²) in [5, 5.41) is 10.6. The summed E-state index contributed by atoms with van der Waals surface area (Å²) in [5.74, 6) is 6.21. The fourth-order valence-corrected chi connectivity index (χ4v) is 4.85. The Bertz CT molecular complexity index is 1270. The molecule has 0 aliphatic carbocycles. The van der Waals surface area contributed by atoms with Gasteiger partial charge in [-0.3, -0.25) is 14.7 Å². The van der Waals surface area contributed by atoms with Crippen molar-refractivity contribution < 1.29 is 23.8 Å². The van der Waals surface area contributed by atoms with E-state index in [2.05, 4.69) is 21.7 Å². The van der Waals surface area contributed by atoms with E-state index in [0.717, 1.165) is 23.2 Å². The quantitative estimate of drug-likeness (QED) is 0.442. The lowest BCUT2D eigenvalue weighted by Crippen LogP contribution is -2.44. The molecule has 1 fully saturated rings. The molecule has 0 bridgehead atoms. The standard InChI is InChI=1S/C29H31FN2O4/c1-35-22-7-3-5-20(17-22)6-4-15-32-16-13-21(26(19-32)29(33)34)8-10-27(30)24-12-14-31-28-11-9-23(36-2)18-25(24)28/h3,5,7,9,11-12,14,17-18,21,26-27H,8,10,13,15-16,19H2,1-2H3,(H,33,34)/t21-,26+,27?/m1/s1. The van der Waals surface area contributed by atoms with E-state index < -0.39 is 18.1 Å². The highest BCUT2D eigenvalue weighted by molar-refractivity contribution is 5.83. The van der Waals surface area contributed by atoms with Crippen molar-refractivity contribution in [3.8, 4) is 23.3 Å². The van der Waals surface area contributed by atoms with E-state index in [1.54, 1.807) is 38.6 Å². The maximum atomic E-state index is 15.4. The van der Waals surface area contributed by atoms with Gasteiger partial charge >= 0.3 is 5.97 Å². The van der Waals surface area contributed by atoms with Gasteiger partial charge in [0.25, 0.3) is 0 Å². The van der Waals surface area contributed by atoms with Crippen molar-refractivity contribution >= 4 is 16.9 Å². The Kier molecular flexibility index (Phi) is 8.40. The van der Waals surface area contributed by atoms with Crippen molar-refractivity contribution in [3.05, 3.63) is 65.9 Å². The van der Waals surface area contributed by atoms with Gasteiger partial charge in [-0.25, -0.2) is 4.39 Å². The van der Waals surface area contributed by atoms with E-state index in [9.17, 15) is 9.90 Å². The number of rotatable bonds is 8. The Morgan fingerprint density at radius 3 is 2.78 bits per heavy atom. The van der Waals surface area contributed by atoms with Crippen molar-refractivity contribution in [2.45, 2.75) is 25.4 Å². The molecule has 2 heterocycles. The third kappa shape index (κ3) is 6.13. The number of halogens is 1. The molecule has 1 aromatic heterocycles. The molecule has 188 valence electrons. The lowest BCUT2D eigenvalue weighted by Gasteiger charge is -2.35. The van der Waals surface area contributed by atoms with Crippen molar-refractivity contribution in [2.24, 2.45) is 11.8 Å². The zero-order chi connectivity index (χ0) is 25.5. The Morgan fingerprint density at radius 2 is 2.00 bits per heavy atom. The number of aliphatic carboxylic acids is 1. The van der Waals surface area contributed by atoms with Crippen LogP contribution in [-0.2, 0) is 4.79 Å². The van der Waals surface area contributed by atoms with E-state index in [0.29, 0.717) is 42.8 Å². The molecule has 2 aromatic carbocycles. The second-order valence-electron chi connectivity index (χ2n) is 9.09. The van der Waals surface area contributed by atoms with Crippen molar-refractivity contribution in [3.63, 3.8) is 0 Å². The highest BCUT2D eigenvalue weighted by atomic mass is 19.1. The highest BCUT2D eigenvalue weighted by Gasteiger charge is 2.34. The fourth-order valence-electron chi connectivity index (χ4n) is 4.85. The number of carbonyl (C=O) groups is 1. The zero-order valence-corrected chi connectivity index (χ0v) is 20.6. The molecule has 4 rings (SSSR count). The summed E-state index contributed by atoms with van der Waals surface area (Å²) < 4.78 is 25.9. The number of hydrogen-bond acceptors (Lipinski definition) is 5. The van der Waals surface area contributed by atoms with E-state index in [1.807, 2.05) is 30.3 Å². The minimum absolute atomic E-state index is 0.0778. The number of benzene rings is 2. The first-order valence-electron chi connectivity index (χ1n) is 12.1. The van der Waals surface area contributed by atoms with Crippen LogP contribution in [0, 0.1) is 23.7 Å². The minimum atomic E-state index is -1.20. The van der Waals surface area contributed by atoms with Gasteiger partial charge in [0.1, 0.15) is 17.7 Å². The molecule has 1 aliphatic rings. The van der Waals surface area contributed by atoms with Crippen LogP contribution in [0.25, 0.3) is 10.9 Å². The highest BCUT2D eigenvalue weighted by Crippen LogP contribution is 2.35. The van der Waals surface area contributed by atoms with Gasteiger partial charge < -0.3 is 14.6 Å². The molecule has 1 aliphatic heterocycles. The zero-order valence-electron chi connectivity index (χ0n) is 20.6. The van der Waals surface area contributed by atoms with Gasteiger partial charge in [0.2, 0.25) is 0 Å². The maximum absolute atomic E-state index is 15.4. The molecule has 0 radical (unpaired) electrons. The molecule has 6 nitrogen and oxygen atoms in total. The molecule has 36 heavy (non-hydrogen) atoms. The van der Waals surface area contributed by atoms with Crippen LogP contribution in [0.3, 0.4) is 0 Å². The van der Waals surface area contributed by atoms with Crippen LogP contribution >= 0.6 is 0 Å². The number of carboxylic acid groups (broad SMARTS) is 1. The van der Waals surface area contributed by atoms with E-state index in [1.165, 1.54) is 0 Å². The number of aromatic nitrogens is 1. The third-order valence-electron chi connectivity index (χ3n) is 6.87. The number of pyridine rings is 1. The number of likely N-dealkylation sites (tertiary alicyclic amines) is 1. The van der Waals surface area contributed by atoms with E-state index >= 15 is 4.39 Å². The maximum Gasteiger partial charge on any atom is 0.308 e. The van der Waals surface area contributed by atoms with Gasteiger partial charge in [0.05, 0.1) is 32.2 Å². The smallest absolute Gasteiger partial charge is 0.308 e. The molecule has 7 heteroatoms. The number of hydrogen-bond donors (Lipinski definition) is 1. The summed E-state index contributed by atoms with van der Waals surface area (Å²) in [4.78, 5) is 18.4. The van der Waals surface area contributed by atoms with Crippen LogP contribution < -0.4 is 9.47 Å². The monoisotopic (exact) mass is 490 g/mol. The summed E-state index contributed by atoms with van der Waals surface area (Å²) in [5.41, 5.74) is 2.13. The van der Waals surface area contributed by atoms with Crippen molar-refractivity contribution in [2.75, 3.05) is 33.9 Å². The first-order chi connectivity index (χ1) is 17.5. The number of ether oxygens (including phenoxy) is 2. The first-order valence-corrected chi connectivity index (χ1v) is 12.1. The number of methoxy groups -OCH3 is 2. The second-order valence-corrected chi connectivity index (χ2v) is 9.09. The largest absolute Gasteiger partial charge is 0.497 e. The normalized spacial score (nSPS) is 18.8. The van der Waals surface area contributed by atoms with Crippen LogP contribution in [0.4, 0.5) is 4.39 Å². The summed E-state index contributed by atoms with van der Waals surface area (Å²) in [6, 6.07) is 14.7. The van der Waals surface area contributed by atoms with Crippen LogP contribution in [0.2, 0.25) is 0 Å². The minimum Gasteiger partial charge on any atom is -0.497 e. The van der Waals surface area contributed by atoms with Crippen molar-refractivity contribution in [1.82, 2.24) is 9.88 Å². The molecule has 1 N–H and O–H groups in total.